The van der Waals surface area contributed by atoms with Gasteiger partial charge in [0.1, 0.15) is 0 Å². The number of carboxylic acids is 1. The van der Waals surface area contributed by atoms with Gasteiger partial charge < -0.3 is 15.3 Å². The summed E-state index contributed by atoms with van der Waals surface area (Å²) in [6.45, 7) is 6.37. The summed E-state index contributed by atoms with van der Waals surface area (Å²) in [5, 5.41) is 12.6. The molecule has 1 aromatic carbocycles. The summed E-state index contributed by atoms with van der Waals surface area (Å²) in [5.74, 6) is -0.842. The molecule has 5 nitrogen and oxygen atoms in total. The molecule has 2 aliphatic rings. The Hall–Kier alpha value is -1.80. The molecule has 0 aromatic heterocycles. The quantitative estimate of drug-likeness (QED) is 0.835. The fourth-order valence-electron chi connectivity index (χ4n) is 3.71. The minimum absolute atomic E-state index is 0.422. The van der Waals surface area contributed by atoms with Crippen LogP contribution < -0.4 is 10.2 Å². The number of carboxylic acid groups (broad SMARTS) is 1. The smallest absolute Gasteiger partial charge is 0.416 e. The molecule has 0 amide bonds. The highest BCUT2D eigenvalue weighted by atomic mass is 19.4. The lowest BCUT2D eigenvalue weighted by molar-refractivity contribution is -0.149. The maximum Gasteiger partial charge on any atom is 0.416 e. The van der Waals surface area contributed by atoms with E-state index in [2.05, 4.69) is 10.2 Å². The van der Waals surface area contributed by atoms with Crippen molar-refractivity contribution in [2.45, 2.75) is 32.5 Å². The highest BCUT2D eigenvalue weighted by Crippen LogP contribution is 2.37. The van der Waals surface area contributed by atoms with Gasteiger partial charge in [-0.2, -0.15) is 13.2 Å². The van der Waals surface area contributed by atoms with Crippen molar-refractivity contribution < 1.29 is 23.1 Å². The third kappa shape index (κ3) is 4.73. The summed E-state index contributed by atoms with van der Waals surface area (Å²) in [6.07, 6.45) is -3.56. The zero-order chi connectivity index (χ0) is 19.7. The number of alkyl halides is 3. The zero-order valence-electron chi connectivity index (χ0n) is 15.5. The summed E-state index contributed by atoms with van der Waals surface area (Å²) < 4.78 is 40.2. The molecular formula is C19H26F3N3O2. The van der Waals surface area contributed by atoms with Crippen molar-refractivity contribution in [3.63, 3.8) is 0 Å². The average molecular weight is 385 g/mol. The van der Waals surface area contributed by atoms with Crippen LogP contribution in [0.1, 0.15) is 30.9 Å². The molecule has 0 bridgehead atoms. The minimum atomic E-state index is -4.40. The Labute approximate surface area is 157 Å². The number of carbonyl (C=O) groups is 1. The van der Waals surface area contributed by atoms with Gasteiger partial charge in [0.15, 0.2) is 0 Å². The predicted octanol–water partition coefficient (Wildman–Crippen LogP) is 2.80. The maximum absolute atomic E-state index is 13.4. The molecule has 0 atom stereocenters. The van der Waals surface area contributed by atoms with E-state index in [1.54, 1.807) is 6.92 Å². The highest BCUT2D eigenvalue weighted by molar-refractivity contribution is 5.74. The molecule has 2 fully saturated rings. The Bertz CT molecular complexity index is 679. The van der Waals surface area contributed by atoms with Crippen molar-refractivity contribution in [3.8, 4) is 0 Å². The van der Waals surface area contributed by atoms with Gasteiger partial charge in [-0.15, -0.1) is 0 Å². The van der Waals surface area contributed by atoms with E-state index in [1.165, 1.54) is 12.1 Å². The molecule has 2 saturated heterocycles. The Morgan fingerprint density at radius 1 is 1.15 bits per heavy atom. The van der Waals surface area contributed by atoms with Crippen LogP contribution in [0, 0.1) is 5.41 Å². The van der Waals surface area contributed by atoms with Crippen LogP contribution in [-0.4, -0.2) is 55.2 Å². The number of nitrogens with one attached hydrogen (secondary N) is 1. The first kappa shape index (κ1) is 19.9. The van der Waals surface area contributed by atoms with E-state index in [0.29, 0.717) is 43.7 Å². The number of piperidine rings is 1. The number of benzene rings is 1. The number of aliphatic carboxylic acids is 1. The van der Waals surface area contributed by atoms with Gasteiger partial charge in [-0.25, -0.2) is 0 Å². The Balaban J connectivity index is 1.81. The van der Waals surface area contributed by atoms with Gasteiger partial charge in [0.25, 0.3) is 0 Å². The highest BCUT2D eigenvalue weighted by Gasteiger charge is 2.38. The molecule has 150 valence electrons. The van der Waals surface area contributed by atoms with Crippen LogP contribution in [0.2, 0.25) is 0 Å². The van der Waals surface area contributed by atoms with E-state index in [4.69, 9.17) is 0 Å². The fourth-order valence-corrected chi connectivity index (χ4v) is 3.71. The molecule has 0 unspecified atom stereocenters. The largest absolute Gasteiger partial charge is 0.481 e. The Kier molecular flexibility index (Phi) is 5.67. The van der Waals surface area contributed by atoms with Crippen molar-refractivity contribution in [1.29, 1.82) is 0 Å². The molecule has 2 aliphatic heterocycles. The van der Waals surface area contributed by atoms with Gasteiger partial charge in [-0.05, 0) is 43.5 Å². The summed E-state index contributed by atoms with van der Waals surface area (Å²) >= 11 is 0. The molecule has 3 rings (SSSR count). The predicted molar refractivity (Wildman–Crippen MR) is 96.8 cm³/mol. The fraction of sp³-hybridized carbons (Fsp3) is 0.632. The van der Waals surface area contributed by atoms with Crippen molar-refractivity contribution in [3.05, 3.63) is 29.3 Å². The van der Waals surface area contributed by atoms with Crippen LogP contribution in [0.3, 0.4) is 0 Å². The monoisotopic (exact) mass is 385 g/mol. The van der Waals surface area contributed by atoms with Crippen LogP contribution in [0.4, 0.5) is 18.9 Å². The lowest BCUT2D eigenvalue weighted by Gasteiger charge is -2.38. The van der Waals surface area contributed by atoms with E-state index in [0.717, 1.165) is 26.2 Å². The first-order valence-electron chi connectivity index (χ1n) is 9.30. The SMILES string of the molecule is CC1(C(=O)O)CCN(c2cc(CN3CCNCC3)cc(C(F)(F)F)c2)CC1. The first-order valence-corrected chi connectivity index (χ1v) is 9.30. The molecule has 8 heteroatoms. The second kappa shape index (κ2) is 7.67. The van der Waals surface area contributed by atoms with Crippen LogP contribution >= 0.6 is 0 Å². The second-order valence-corrected chi connectivity index (χ2v) is 7.76. The number of rotatable bonds is 4. The summed E-state index contributed by atoms with van der Waals surface area (Å²) in [4.78, 5) is 15.4. The van der Waals surface area contributed by atoms with E-state index in [-0.39, 0.29) is 0 Å². The summed E-state index contributed by atoms with van der Waals surface area (Å²) in [5.41, 5.74) is -0.269. The molecule has 1 aromatic rings. The van der Waals surface area contributed by atoms with Gasteiger partial charge in [0.05, 0.1) is 11.0 Å². The summed E-state index contributed by atoms with van der Waals surface area (Å²) in [7, 11) is 0. The van der Waals surface area contributed by atoms with E-state index < -0.39 is 23.1 Å². The third-order valence-corrected chi connectivity index (χ3v) is 5.67. The van der Waals surface area contributed by atoms with Gasteiger partial charge in [-0.1, -0.05) is 0 Å². The average Bonchev–Trinajstić information content (AvgIpc) is 2.62. The molecule has 2 N–H and O–H groups in total. The lowest BCUT2D eigenvalue weighted by Crippen LogP contribution is -2.43. The molecule has 0 spiro atoms. The molecule has 0 aliphatic carbocycles. The number of nitrogens with zero attached hydrogens (tertiary/aromatic N) is 2. The van der Waals surface area contributed by atoms with Crippen LogP contribution in [0.25, 0.3) is 0 Å². The molecule has 2 heterocycles. The van der Waals surface area contributed by atoms with E-state index in [1.807, 2.05) is 11.0 Å². The normalized spacial score (nSPS) is 21.3. The lowest BCUT2D eigenvalue weighted by atomic mass is 9.80. The van der Waals surface area contributed by atoms with Crippen molar-refractivity contribution >= 4 is 11.7 Å². The molecule has 0 saturated carbocycles. The van der Waals surface area contributed by atoms with E-state index >= 15 is 0 Å². The standard InChI is InChI=1S/C19H26F3N3O2/c1-18(17(26)27)2-6-25(7-3-18)16-11-14(10-15(12-16)19(20,21)22)13-24-8-4-23-5-9-24/h10-12,23H,2-9,13H2,1H3,(H,26,27). The van der Waals surface area contributed by atoms with Crippen molar-refractivity contribution in [2.75, 3.05) is 44.2 Å². The summed E-state index contributed by atoms with van der Waals surface area (Å²) in [6, 6.07) is 4.24. The Morgan fingerprint density at radius 3 is 2.33 bits per heavy atom. The minimum Gasteiger partial charge on any atom is -0.481 e. The molecular weight excluding hydrogens is 359 g/mol. The number of anilines is 1. The number of halogens is 3. The van der Waals surface area contributed by atoms with Gasteiger partial charge in [0, 0.05) is 51.5 Å². The Morgan fingerprint density at radius 2 is 1.78 bits per heavy atom. The number of hydrogen-bond donors (Lipinski definition) is 2. The first-order chi connectivity index (χ1) is 12.7. The third-order valence-electron chi connectivity index (χ3n) is 5.67. The van der Waals surface area contributed by atoms with Gasteiger partial charge >= 0.3 is 12.1 Å². The van der Waals surface area contributed by atoms with Gasteiger partial charge in [-0.3, -0.25) is 9.69 Å². The van der Waals surface area contributed by atoms with Crippen LogP contribution in [0.15, 0.2) is 18.2 Å². The van der Waals surface area contributed by atoms with Crippen molar-refractivity contribution in [2.24, 2.45) is 5.41 Å². The van der Waals surface area contributed by atoms with Crippen molar-refractivity contribution in [1.82, 2.24) is 10.2 Å². The second-order valence-electron chi connectivity index (χ2n) is 7.76. The van der Waals surface area contributed by atoms with Gasteiger partial charge in [0.2, 0.25) is 0 Å². The van der Waals surface area contributed by atoms with E-state index in [9.17, 15) is 23.1 Å². The zero-order valence-corrected chi connectivity index (χ0v) is 15.5. The topological polar surface area (TPSA) is 55.8 Å². The van der Waals surface area contributed by atoms with Crippen LogP contribution in [0.5, 0.6) is 0 Å². The number of piperazine rings is 1. The number of hydrogen-bond acceptors (Lipinski definition) is 4. The van der Waals surface area contributed by atoms with Crippen LogP contribution in [-0.2, 0) is 17.5 Å². The molecule has 0 radical (unpaired) electrons. The molecule has 27 heavy (non-hydrogen) atoms. The maximum atomic E-state index is 13.4.